The van der Waals surface area contributed by atoms with Crippen LogP contribution < -0.4 is 15.0 Å². The lowest BCUT2D eigenvalue weighted by atomic mass is 10.1. The van der Waals surface area contributed by atoms with Crippen LogP contribution in [0.25, 0.3) is 11.3 Å². The van der Waals surface area contributed by atoms with Gasteiger partial charge in [0.15, 0.2) is 11.5 Å². The predicted octanol–water partition coefficient (Wildman–Crippen LogP) is 4.32. The molecule has 1 N–H and O–H groups in total. The molecule has 7 nitrogen and oxygen atoms in total. The molecule has 1 fully saturated rings. The van der Waals surface area contributed by atoms with Gasteiger partial charge in [0.25, 0.3) is 11.5 Å². The second-order valence-corrected chi connectivity index (χ2v) is 8.82. The van der Waals surface area contributed by atoms with Gasteiger partial charge in [0.2, 0.25) is 0 Å². The summed E-state index contributed by atoms with van der Waals surface area (Å²) in [5.41, 5.74) is 2.12. The Balaban J connectivity index is 1.42. The number of hydrogen-bond acceptors (Lipinski definition) is 5. The number of amides is 1. The maximum Gasteiger partial charge on any atom is 0.261 e. The number of halogens is 2. The van der Waals surface area contributed by atoms with E-state index in [2.05, 4.69) is 9.88 Å². The van der Waals surface area contributed by atoms with Gasteiger partial charge in [-0.15, -0.1) is 0 Å². The van der Waals surface area contributed by atoms with Crippen LogP contribution in [0, 0.1) is 0 Å². The highest BCUT2D eigenvalue weighted by Gasteiger charge is 2.24. The molecule has 0 radical (unpaired) electrons. The van der Waals surface area contributed by atoms with Crippen LogP contribution in [0.2, 0.25) is 10.0 Å². The molecule has 0 spiro atoms. The predicted molar refractivity (Wildman–Crippen MR) is 133 cm³/mol. The molecular weight excluding hydrogens is 477 g/mol. The van der Waals surface area contributed by atoms with E-state index in [4.69, 9.17) is 32.7 Å². The number of nitrogens with zero attached hydrogens (tertiary/aromatic N) is 2. The van der Waals surface area contributed by atoms with Crippen molar-refractivity contribution in [3.63, 3.8) is 0 Å². The van der Waals surface area contributed by atoms with Gasteiger partial charge in [-0.1, -0.05) is 29.3 Å². The number of aromatic amines is 1. The Morgan fingerprint density at radius 3 is 2.29 bits per heavy atom. The summed E-state index contributed by atoms with van der Waals surface area (Å²) in [6.07, 6.45) is 0. The van der Waals surface area contributed by atoms with Gasteiger partial charge in [0.1, 0.15) is 5.56 Å². The molecule has 0 bridgehead atoms. The summed E-state index contributed by atoms with van der Waals surface area (Å²) in [6, 6.07) is 14.3. The van der Waals surface area contributed by atoms with Gasteiger partial charge >= 0.3 is 0 Å². The Kier molecular flexibility index (Phi) is 7.46. The number of nitrogens with one attached hydrogen (secondary N) is 1. The van der Waals surface area contributed by atoms with E-state index in [1.54, 1.807) is 49.5 Å². The Labute approximate surface area is 207 Å². The van der Waals surface area contributed by atoms with Crippen LogP contribution in [0.15, 0.2) is 53.3 Å². The highest BCUT2D eigenvalue weighted by molar-refractivity contribution is 6.42. The molecule has 3 aromatic rings. The third-order valence-corrected chi connectivity index (χ3v) is 6.62. The average molecular weight is 502 g/mol. The Morgan fingerprint density at radius 2 is 1.65 bits per heavy atom. The lowest BCUT2D eigenvalue weighted by molar-refractivity contribution is 0.0626. The molecule has 1 aromatic heterocycles. The van der Waals surface area contributed by atoms with Crippen molar-refractivity contribution in [1.29, 1.82) is 0 Å². The Morgan fingerprint density at radius 1 is 0.912 bits per heavy atom. The summed E-state index contributed by atoms with van der Waals surface area (Å²) in [5.74, 6) is 0.882. The lowest BCUT2D eigenvalue weighted by Gasteiger charge is -2.34. The standard InChI is InChI=1S/C25H25Cl2N3O4/c1-33-22-8-4-17(14-23(22)34-2)21-7-5-18(24(31)28-21)25(32)30-11-9-29(10-12-30)15-16-3-6-19(26)20(27)13-16/h3-8,13-14H,9-12,15H2,1-2H3,(H,28,31). The van der Waals surface area contributed by atoms with Crippen LogP contribution in [0.4, 0.5) is 0 Å². The SMILES string of the molecule is COc1ccc(-c2ccc(C(=O)N3CCN(Cc4ccc(Cl)c(Cl)c4)CC3)c(=O)[nH]2)cc1OC. The van der Waals surface area contributed by atoms with E-state index < -0.39 is 5.56 Å². The zero-order chi connectivity index (χ0) is 24.2. The van der Waals surface area contributed by atoms with Crippen molar-refractivity contribution in [2.45, 2.75) is 6.54 Å². The van der Waals surface area contributed by atoms with Crippen molar-refractivity contribution in [1.82, 2.24) is 14.8 Å². The first-order chi connectivity index (χ1) is 16.4. The number of hydrogen-bond donors (Lipinski definition) is 1. The van der Waals surface area contributed by atoms with E-state index >= 15 is 0 Å². The maximum absolute atomic E-state index is 13.0. The molecule has 1 aliphatic heterocycles. The van der Waals surface area contributed by atoms with E-state index in [-0.39, 0.29) is 11.5 Å². The van der Waals surface area contributed by atoms with Crippen molar-refractivity contribution in [3.05, 3.63) is 80.1 Å². The van der Waals surface area contributed by atoms with Crippen LogP contribution in [-0.2, 0) is 6.54 Å². The quantitative estimate of drug-likeness (QED) is 0.544. The van der Waals surface area contributed by atoms with Gasteiger partial charge in [-0.2, -0.15) is 0 Å². The highest BCUT2D eigenvalue weighted by Crippen LogP contribution is 2.31. The monoisotopic (exact) mass is 501 g/mol. The third kappa shape index (κ3) is 5.22. The summed E-state index contributed by atoms with van der Waals surface area (Å²) in [6.45, 7) is 3.20. The Hall–Kier alpha value is -3.00. The van der Waals surface area contributed by atoms with E-state index in [0.29, 0.717) is 53.4 Å². The number of carbonyl (C=O) groups is 1. The Bertz CT molecular complexity index is 1250. The summed E-state index contributed by atoms with van der Waals surface area (Å²) >= 11 is 12.1. The number of piperazine rings is 1. The molecule has 1 amide bonds. The second-order valence-electron chi connectivity index (χ2n) is 8.00. The summed E-state index contributed by atoms with van der Waals surface area (Å²) in [5, 5.41) is 1.06. The van der Waals surface area contributed by atoms with Gasteiger partial charge in [-0.3, -0.25) is 14.5 Å². The molecule has 34 heavy (non-hydrogen) atoms. The fourth-order valence-electron chi connectivity index (χ4n) is 3.99. The molecular formula is C25H25Cl2N3O4. The number of rotatable bonds is 6. The fourth-order valence-corrected chi connectivity index (χ4v) is 4.31. The summed E-state index contributed by atoms with van der Waals surface area (Å²) < 4.78 is 10.6. The van der Waals surface area contributed by atoms with Crippen LogP contribution in [0.1, 0.15) is 15.9 Å². The molecule has 1 saturated heterocycles. The van der Waals surface area contributed by atoms with E-state index in [0.717, 1.165) is 17.7 Å². The zero-order valence-electron chi connectivity index (χ0n) is 18.9. The first-order valence-electron chi connectivity index (χ1n) is 10.8. The second kappa shape index (κ2) is 10.5. The van der Waals surface area contributed by atoms with E-state index in [1.165, 1.54) is 0 Å². The molecule has 4 rings (SSSR count). The molecule has 1 aliphatic rings. The van der Waals surface area contributed by atoms with Crippen molar-refractivity contribution >= 4 is 29.1 Å². The minimum atomic E-state index is -0.421. The van der Waals surface area contributed by atoms with Crippen molar-refractivity contribution in [2.24, 2.45) is 0 Å². The summed E-state index contributed by atoms with van der Waals surface area (Å²) in [7, 11) is 3.11. The van der Waals surface area contributed by atoms with Crippen LogP contribution in [0.5, 0.6) is 11.5 Å². The molecule has 2 aromatic carbocycles. The minimum Gasteiger partial charge on any atom is -0.493 e. The lowest BCUT2D eigenvalue weighted by Crippen LogP contribution is -2.49. The number of H-pyrrole nitrogens is 1. The number of ether oxygens (including phenoxy) is 2. The molecule has 2 heterocycles. The number of carbonyl (C=O) groups excluding carboxylic acids is 1. The van der Waals surface area contributed by atoms with Crippen LogP contribution in [-0.4, -0.2) is 61.1 Å². The molecule has 0 atom stereocenters. The van der Waals surface area contributed by atoms with Gasteiger partial charge in [-0.05, 0) is 48.0 Å². The van der Waals surface area contributed by atoms with Crippen LogP contribution >= 0.6 is 23.2 Å². The average Bonchev–Trinajstić information content (AvgIpc) is 2.86. The third-order valence-electron chi connectivity index (χ3n) is 5.88. The first-order valence-corrected chi connectivity index (χ1v) is 11.6. The van der Waals surface area contributed by atoms with Gasteiger partial charge in [-0.25, -0.2) is 0 Å². The molecule has 0 unspecified atom stereocenters. The maximum atomic E-state index is 13.0. The van der Waals surface area contributed by atoms with Crippen molar-refractivity contribution in [2.75, 3.05) is 40.4 Å². The first kappa shape index (κ1) is 24.1. The van der Waals surface area contributed by atoms with Gasteiger partial charge in [0, 0.05) is 44.0 Å². The van der Waals surface area contributed by atoms with Crippen molar-refractivity contribution < 1.29 is 14.3 Å². The molecule has 9 heteroatoms. The highest BCUT2D eigenvalue weighted by atomic mass is 35.5. The van der Waals surface area contributed by atoms with E-state index in [1.807, 2.05) is 18.2 Å². The molecule has 178 valence electrons. The molecule has 0 saturated carbocycles. The number of pyridine rings is 1. The minimum absolute atomic E-state index is 0.127. The van der Waals surface area contributed by atoms with Crippen LogP contribution in [0.3, 0.4) is 0 Å². The van der Waals surface area contributed by atoms with Crippen molar-refractivity contribution in [3.8, 4) is 22.8 Å². The number of aromatic nitrogens is 1. The smallest absolute Gasteiger partial charge is 0.261 e. The molecule has 0 aliphatic carbocycles. The number of methoxy groups -OCH3 is 2. The topological polar surface area (TPSA) is 74.9 Å². The fraction of sp³-hybridized carbons (Fsp3) is 0.280. The number of benzene rings is 2. The van der Waals surface area contributed by atoms with E-state index in [9.17, 15) is 9.59 Å². The normalized spacial score (nSPS) is 14.2. The van der Waals surface area contributed by atoms with Gasteiger partial charge in [0.05, 0.1) is 24.3 Å². The van der Waals surface area contributed by atoms with Gasteiger partial charge < -0.3 is 19.4 Å². The largest absolute Gasteiger partial charge is 0.493 e. The zero-order valence-corrected chi connectivity index (χ0v) is 20.4. The summed E-state index contributed by atoms with van der Waals surface area (Å²) in [4.78, 5) is 32.5.